The van der Waals surface area contributed by atoms with Gasteiger partial charge in [-0.3, -0.25) is 4.79 Å². The third-order valence-corrected chi connectivity index (χ3v) is 3.45. The number of ether oxygens (including phenoxy) is 2. The zero-order valence-electron chi connectivity index (χ0n) is 13.6. The minimum absolute atomic E-state index is 0.00631. The molecule has 25 heavy (non-hydrogen) atoms. The highest BCUT2D eigenvalue weighted by Gasteiger charge is 2.26. The standard InChI is InChI=1S/C17H16F2N2O4/c1-24-16-10(5-4-8-20-16)9-13(17(23)25-2)21-15(22)11-6-3-7-12(18)14(11)19/h3-8,13H,9H2,1-2H3,(H,21,22)/t13-/m0/s1. The van der Waals surface area contributed by atoms with Crippen LogP contribution in [0.4, 0.5) is 8.78 Å². The van der Waals surface area contributed by atoms with Crippen LogP contribution in [0.2, 0.25) is 0 Å². The van der Waals surface area contributed by atoms with Crippen LogP contribution in [-0.4, -0.2) is 37.1 Å². The molecule has 2 rings (SSSR count). The molecule has 0 spiro atoms. The number of esters is 1. The van der Waals surface area contributed by atoms with Crippen molar-refractivity contribution in [3.05, 3.63) is 59.3 Å². The maximum absolute atomic E-state index is 13.7. The number of amides is 1. The van der Waals surface area contributed by atoms with Crippen LogP contribution in [0, 0.1) is 11.6 Å². The number of nitrogens with one attached hydrogen (secondary N) is 1. The van der Waals surface area contributed by atoms with Gasteiger partial charge in [-0.05, 0) is 18.2 Å². The van der Waals surface area contributed by atoms with Crippen LogP contribution in [0.3, 0.4) is 0 Å². The summed E-state index contributed by atoms with van der Waals surface area (Å²) in [5.74, 6) is -3.84. The van der Waals surface area contributed by atoms with Gasteiger partial charge in [0.1, 0.15) is 6.04 Å². The molecule has 0 fully saturated rings. The zero-order chi connectivity index (χ0) is 18.4. The molecule has 0 aliphatic rings. The van der Waals surface area contributed by atoms with Gasteiger partial charge in [0.15, 0.2) is 11.6 Å². The summed E-state index contributed by atoms with van der Waals surface area (Å²) >= 11 is 0. The number of hydrogen-bond donors (Lipinski definition) is 1. The molecule has 0 unspecified atom stereocenters. The largest absolute Gasteiger partial charge is 0.481 e. The van der Waals surface area contributed by atoms with Crippen molar-refractivity contribution in [3.63, 3.8) is 0 Å². The van der Waals surface area contributed by atoms with Gasteiger partial charge < -0.3 is 14.8 Å². The van der Waals surface area contributed by atoms with E-state index in [-0.39, 0.29) is 12.3 Å². The van der Waals surface area contributed by atoms with Gasteiger partial charge in [-0.1, -0.05) is 12.1 Å². The Hall–Kier alpha value is -3.03. The number of rotatable bonds is 6. The van der Waals surface area contributed by atoms with Crippen molar-refractivity contribution in [3.8, 4) is 5.88 Å². The van der Waals surface area contributed by atoms with E-state index >= 15 is 0 Å². The first-order valence-electron chi connectivity index (χ1n) is 7.28. The molecule has 8 heteroatoms. The molecule has 0 bridgehead atoms. The number of hydrogen-bond acceptors (Lipinski definition) is 5. The molecular weight excluding hydrogens is 334 g/mol. The van der Waals surface area contributed by atoms with E-state index in [0.717, 1.165) is 19.2 Å². The highest BCUT2D eigenvalue weighted by molar-refractivity contribution is 5.97. The predicted molar refractivity (Wildman–Crippen MR) is 84.1 cm³/mol. The van der Waals surface area contributed by atoms with Crippen LogP contribution in [0.15, 0.2) is 36.5 Å². The lowest BCUT2D eigenvalue weighted by molar-refractivity contribution is -0.142. The van der Waals surface area contributed by atoms with Crippen molar-refractivity contribution < 1.29 is 27.8 Å². The molecule has 1 heterocycles. The monoisotopic (exact) mass is 350 g/mol. The maximum atomic E-state index is 13.7. The van der Waals surface area contributed by atoms with Gasteiger partial charge in [-0.15, -0.1) is 0 Å². The Bertz CT molecular complexity index is 783. The van der Waals surface area contributed by atoms with Gasteiger partial charge in [-0.25, -0.2) is 18.6 Å². The molecule has 1 aromatic carbocycles. The van der Waals surface area contributed by atoms with Crippen LogP contribution < -0.4 is 10.1 Å². The second kappa shape index (κ2) is 8.18. The Morgan fingerprint density at radius 1 is 1.20 bits per heavy atom. The molecular formula is C17H16F2N2O4. The number of carbonyl (C=O) groups excluding carboxylic acids is 2. The summed E-state index contributed by atoms with van der Waals surface area (Å²) in [6.07, 6.45) is 1.52. The van der Waals surface area contributed by atoms with E-state index in [2.05, 4.69) is 15.0 Å². The molecule has 1 amide bonds. The Labute approximate surface area is 142 Å². The number of aromatic nitrogens is 1. The van der Waals surface area contributed by atoms with E-state index in [1.807, 2.05) is 0 Å². The molecule has 0 aliphatic heterocycles. The lowest BCUT2D eigenvalue weighted by Gasteiger charge is -2.17. The molecule has 1 N–H and O–H groups in total. The van der Waals surface area contributed by atoms with E-state index in [4.69, 9.17) is 4.74 Å². The van der Waals surface area contributed by atoms with Crippen molar-refractivity contribution >= 4 is 11.9 Å². The van der Waals surface area contributed by atoms with Gasteiger partial charge in [0.05, 0.1) is 19.8 Å². The molecule has 1 atom stereocenters. The van der Waals surface area contributed by atoms with Crippen LogP contribution in [0.5, 0.6) is 5.88 Å². The second-order valence-corrected chi connectivity index (χ2v) is 5.03. The fraction of sp³-hybridized carbons (Fsp3) is 0.235. The fourth-order valence-electron chi connectivity index (χ4n) is 2.23. The van der Waals surface area contributed by atoms with Crippen molar-refractivity contribution in [2.75, 3.05) is 14.2 Å². The van der Waals surface area contributed by atoms with Gasteiger partial charge in [0, 0.05) is 18.2 Å². The summed E-state index contributed by atoms with van der Waals surface area (Å²) in [6, 6.07) is 5.39. The first-order valence-corrected chi connectivity index (χ1v) is 7.28. The lowest BCUT2D eigenvalue weighted by Crippen LogP contribution is -2.43. The Kier molecular flexibility index (Phi) is 5.99. The smallest absolute Gasteiger partial charge is 0.328 e. The average Bonchev–Trinajstić information content (AvgIpc) is 2.63. The van der Waals surface area contributed by atoms with Gasteiger partial charge in [0.2, 0.25) is 5.88 Å². The molecule has 0 saturated heterocycles. The first-order chi connectivity index (χ1) is 12.0. The van der Waals surface area contributed by atoms with E-state index in [1.165, 1.54) is 19.4 Å². The number of pyridine rings is 1. The predicted octanol–water partition coefficient (Wildman–Crippen LogP) is 1.88. The minimum Gasteiger partial charge on any atom is -0.481 e. The SMILES string of the molecule is COC(=O)[C@H](Cc1cccnc1OC)NC(=O)c1cccc(F)c1F. The highest BCUT2D eigenvalue weighted by atomic mass is 19.2. The van der Waals surface area contributed by atoms with Gasteiger partial charge >= 0.3 is 5.97 Å². The molecule has 1 aromatic heterocycles. The van der Waals surface area contributed by atoms with Crippen LogP contribution >= 0.6 is 0 Å². The summed E-state index contributed by atoms with van der Waals surface area (Å²) in [5.41, 5.74) is 0.0347. The maximum Gasteiger partial charge on any atom is 0.328 e. The highest BCUT2D eigenvalue weighted by Crippen LogP contribution is 2.17. The number of benzene rings is 1. The number of halogens is 2. The summed E-state index contributed by atoms with van der Waals surface area (Å²) in [6.45, 7) is 0. The van der Waals surface area contributed by atoms with E-state index in [1.54, 1.807) is 12.1 Å². The molecule has 0 aliphatic carbocycles. The third kappa shape index (κ3) is 4.28. The molecule has 0 saturated carbocycles. The number of methoxy groups -OCH3 is 2. The van der Waals surface area contributed by atoms with Crippen molar-refractivity contribution in [2.45, 2.75) is 12.5 Å². The zero-order valence-corrected chi connectivity index (χ0v) is 13.6. The Morgan fingerprint density at radius 2 is 1.96 bits per heavy atom. The van der Waals surface area contributed by atoms with Gasteiger partial charge in [0.25, 0.3) is 5.91 Å². The summed E-state index contributed by atoms with van der Waals surface area (Å²) in [5, 5.41) is 2.35. The topological polar surface area (TPSA) is 77.5 Å². The average molecular weight is 350 g/mol. The summed E-state index contributed by atoms with van der Waals surface area (Å²) < 4.78 is 36.8. The quantitative estimate of drug-likeness (QED) is 0.805. The fourth-order valence-corrected chi connectivity index (χ4v) is 2.23. The molecule has 2 aromatic rings. The van der Waals surface area contributed by atoms with Gasteiger partial charge in [-0.2, -0.15) is 0 Å². The van der Waals surface area contributed by atoms with Crippen LogP contribution in [-0.2, 0) is 16.0 Å². The summed E-state index contributed by atoms with van der Waals surface area (Å²) in [4.78, 5) is 28.2. The van der Waals surface area contributed by atoms with Crippen molar-refractivity contribution in [1.82, 2.24) is 10.3 Å². The van der Waals surface area contributed by atoms with Crippen LogP contribution in [0.1, 0.15) is 15.9 Å². The first kappa shape index (κ1) is 18.3. The molecule has 132 valence electrons. The molecule has 6 nitrogen and oxygen atoms in total. The third-order valence-electron chi connectivity index (χ3n) is 3.45. The molecule has 0 radical (unpaired) electrons. The van der Waals surface area contributed by atoms with E-state index in [9.17, 15) is 18.4 Å². The minimum atomic E-state index is -1.29. The Balaban J connectivity index is 2.25. The lowest BCUT2D eigenvalue weighted by atomic mass is 10.1. The summed E-state index contributed by atoms with van der Waals surface area (Å²) in [7, 11) is 2.57. The van der Waals surface area contributed by atoms with Crippen molar-refractivity contribution in [2.24, 2.45) is 0 Å². The number of carbonyl (C=O) groups is 2. The normalized spacial score (nSPS) is 11.5. The van der Waals surface area contributed by atoms with E-state index < -0.39 is 35.1 Å². The second-order valence-electron chi connectivity index (χ2n) is 5.03. The van der Waals surface area contributed by atoms with Crippen molar-refractivity contribution in [1.29, 1.82) is 0 Å². The number of nitrogens with zero attached hydrogens (tertiary/aromatic N) is 1. The Morgan fingerprint density at radius 3 is 2.64 bits per heavy atom. The van der Waals surface area contributed by atoms with E-state index in [0.29, 0.717) is 5.56 Å². The van der Waals surface area contributed by atoms with Crippen LogP contribution in [0.25, 0.3) is 0 Å².